The molecule has 114 valence electrons. The van der Waals surface area contributed by atoms with E-state index in [-0.39, 0.29) is 18.9 Å². The zero-order valence-electron chi connectivity index (χ0n) is 12.3. The van der Waals surface area contributed by atoms with E-state index in [0.717, 1.165) is 18.7 Å². The van der Waals surface area contributed by atoms with Crippen molar-refractivity contribution in [3.63, 3.8) is 0 Å². The molecule has 0 unspecified atom stereocenters. The maximum absolute atomic E-state index is 12.0. The van der Waals surface area contributed by atoms with Crippen LogP contribution in [0.15, 0.2) is 24.7 Å². The number of hydrogen-bond donors (Lipinski definition) is 1. The van der Waals surface area contributed by atoms with Gasteiger partial charge in [0.1, 0.15) is 5.82 Å². The van der Waals surface area contributed by atoms with E-state index in [9.17, 15) is 9.90 Å². The third kappa shape index (κ3) is 2.96. The van der Waals surface area contributed by atoms with Gasteiger partial charge in [-0.25, -0.2) is 19.7 Å². The molecular formula is C16H17N3O3. The summed E-state index contributed by atoms with van der Waals surface area (Å²) in [5.41, 5.74) is 2.10. The van der Waals surface area contributed by atoms with Crippen molar-refractivity contribution in [1.82, 2.24) is 15.0 Å². The van der Waals surface area contributed by atoms with Crippen LogP contribution in [0.4, 0.5) is 0 Å². The van der Waals surface area contributed by atoms with Crippen molar-refractivity contribution >= 4 is 5.97 Å². The summed E-state index contributed by atoms with van der Waals surface area (Å²) in [6.45, 7) is 1.87. The molecule has 1 fully saturated rings. The van der Waals surface area contributed by atoms with Crippen LogP contribution in [-0.2, 0) is 11.3 Å². The van der Waals surface area contributed by atoms with E-state index >= 15 is 0 Å². The van der Waals surface area contributed by atoms with Gasteiger partial charge in [-0.1, -0.05) is 0 Å². The first kappa shape index (κ1) is 14.6. The number of aliphatic hydroxyl groups excluding tert-OH is 1. The van der Waals surface area contributed by atoms with Gasteiger partial charge in [0.25, 0.3) is 0 Å². The Balaban J connectivity index is 2.00. The van der Waals surface area contributed by atoms with E-state index in [1.807, 2.05) is 0 Å². The lowest BCUT2D eigenvalue weighted by molar-refractivity contribution is 0.0520. The third-order valence-electron chi connectivity index (χ3n) is 3.52. The summed E-state index contributed by atoms with van der Waals surface area (Å²) in [5.74, 6) is 0.821. The maximum Gasteiger partial charge on any atom is 0.357 e. The highest BCUT2D eigenvalue weighted by molar-refractivity contribution is 5.95. The average molecular weight is 299 g/mol. The molecule has 0 saturated heterocycles. The van der Waals surface area contributed by atoms with E-state index in [1.54, 1.807) is 25.4 Å². The number of hydrogen-bond acceptors (Lipinski definition) is 6. The molecule has 6 heteroatoms. The average Bonchev–Trinajstić information content (AvgIpc) is 3.39. The first-order valence-electron chi connectivity index (χ1n) is 7.32. The summed E-state index contributed by atoms with van der Waals surface area (Å²) in [4.78, 5) is 24.9. The molecule has 1 saturated carbocycles. The second-order valence-electron chi connectivity index (χ2n) is 5.22. The van der Waals surface area contributed by atoms with Gasteiger partial charge in [0.05, 0.1) is 13.2 Å². The number of esters is 1. The molecule has 3 rings (SSSR count). The van der Waals surface area contributed by atoms with Crippen LogP contribution in [0.5, 0.6) is 0 Å². The number of aromatic nitrogens is 3. The second-order valence-corrected chi connectivity index (χ2v) is 5.22. The van der Waals surface area contributed by atoms with Crippen LogP contribution in [0.25, 0.3) is 11.1 Å². The van der Waals surface area contributed by atoms with Gasteiger partial charge in [0, 0.05) is 35.6 Å². The van der Waals surface area contributed by atoms with Crippen LogP contribution >= 0.6 is 0 Å². The fourth-order valence-electron chi connectivity index (χ4n) is 2.21. The number of carbonyl (C=O) groups is 1. The first-order chi connectivity index (χ1) is 10.7. The van der Waals surface area contributed by atoms with Crippen molar-refractivity contribution in [2.75, 3.05) is 6.61 Å². The molecule has 1 N–H and O–H groups in total. The van der Waals surface area contributed by atoms with Crippen molar-refractivity contribution in [3.8, 4) is 11.1 Å². The molecule has 0 aliphatic heterocycles. The van der Waals surface area contributed by atoms with Crippen molar-refractivity contribution in [1.29, 1.82) is 0 Å². The Hall–Kier alpha value is -2.34. The van der Waals surface area contributed by atoms with Gasteiger partial charge >= 0.3 is 5.97 Å². The topological polar surface area (TPSA) is 85.2 Å². The van der Waals surface area contributed by atoms with Gasteiger partial charge in [-0.15, -0.1) is 0 Å². The van der Waals surface area contributed by atoms with E-state index in [0.29, 0.717) is 22.6 Å². The van der Waals surface area contributed by atoms with Crippen LogP contribution in [0.2, 0.25) is 0 Å². The minimum absolute atomic E-state index is 0.149. The first-order valence-corrected chi connectivity index (χ1v) is 7.32. The summed E-state index contributed by atoms with van der Waals surface area (Å²) < 4.78 is 5.03. The monoisotopic (exact) mass is 299 g/mol. The van der Waals surface area contributed by atoms with Gasteiger partial charge < -0.3 is 9.84 Å². The number of aliphatic hydroxyl groups is 1. The molecule has 1 aliphatic rings. The minimum Gasteiger partial charge on any atom is -0.461 e. The van der Waals surface area contributed by atoms with E-state index < -0.39 is 5.97 Å². The predicted molar refractivity (Wildman–Crippen MR) is 79.1 cm³/mol. The lowest BCUT2D eigenvalue weighted by Gasteiger charge is -2.09. The SMILES string of the molecule is CCOC(=O)c1ncc(CO)cc1-c1cnc(C2CC2)nc1. The molecule has 2 heterocycles. The molecule has 2 aromatic rings. The summed E-state index contributed by atoms with van der Waals surface area (Å²) in [6.07, 6.45) is 7.13. The second kappa shape index (κ2) is 6.19. The molecule has 0 aromatic carbocycles. The molecule has 0 spiro atoms. The highest BCUT2D eigenvalue weighted by Gasteiger charge is 2.26. The normalized spacial score (nSPS) is 13.9. The van der Waals surface area contributed by atoms with Crippen LogP contribution in [0, 0.1) is 0 Å². The van der Waals surface area contributed by atoms with Crippen LogP contribution in [-0.4, -0.2) is 32.6 Å². The summed E-state index contributed by atoms with van der Waals surface area (Å²) >= 11 is 0. The smallest absolute Gasteiger partial charge is 0.357 e. The quantitative estimate of drug-likeness (QED) is 0.851. The summed E-state index contributed by atoms with van der Waals surface area (Å²) in [7, 11) is 0. The van der Waals surface area contributed by atoms with Crippen molar-refractivity contribution in [2.24, 2.45) is 0 Å². The molecule has 0 atom stereocenters. The molecular weight excluding hydrogens is 282 g/mol. The Morgan fingerprint density at radius 1 is 1.27 bits per heavy atom. The zero-order valence-corrected chi connectivity index (χ0v) is 12.3. The zero-order chi connectivity index (χ0) is 15.5. The number of pyridine rings is 1. The number of rotatable bonds is 5. The molecule has 2 aromatic heterocycles. The van der Waals surface area contributed by atoms with Crippen LogP contribution in [0.1, 0.15) is 47.6 Å². The van der Waals surface area contributed by atoms with Crippen LogP contribution in [0.3, 0.4) is 0 Å². The molecule has 1 aliphatic carbocycles. The number of carbonyl (C=O) groups excluding carboxylic acids is 1. The fraction of sp³-hybridized carbons (Fsp3) is 0.375. The highest BCUT2D eigenvalue weighted by atomic mass is 16.5. The van der Waals surface area contributed by atoms with Crippen molar-refractivity contribution in [2.45, 2.75) is 32.3 Å². The van der Waals surface area contributed by atoms with E-state index in [2.05, 4.69) is 15.0 Å². The van der Waals surface area contributed by atoms with Crippen molar-refractivity contribution < 1.29 is 14.6 Å². The van der Waals surface area contributed by atoms with Crippen LogP contribution < -0.4 is 0 Å². The van der Waals surface area contributed by atoms with E-state index in [4.69, 9.17) is 4.74 Å². The van der Waals surface area contributed by atoms with Gasteiger partial charge in [-0.2, -0.15) is 0 Å². The highest BCUT2D eigenvalue weighted by Crippen LogP contribution is 2.38. The molecule has 0 bridgehead atoms. The Bertz CT molecular complexity index is 682. The predicted octanol–water partition coefficient (Wildman–Crippen LogP) is 2.08. The van der Waals surface area contributed by atoms with Crippen molar-refractivity contribution in [3.05, 3.63) is 41.7 Å². The minimum atomic E-state index is -0.492. The van der Waals surface area contributed by atoms with Gasteiger partial charge in [-0.3, -0.25) is 0 Å². The Labute approximate surface area is 128 Å². The lowest BCUT2D eigenvalue weighted by atomic mass is 10.0. The summed E-state index contributed by atoms with van der Waals surface area (Å²) in [6, 6.07) is 1.72. The van der Waals surface area contributed by atoms with E-state index in [1.165, 1.54) is 6.20 Å². The Morgan fingerprint density at radius 3 is 2.59 bits per heavy atom. The lowest BCUT2D eigenvalue weighted by Crippen LogP contribution is -2.10. The molecule has 0 amide bonds. The maximum atomic E-state index is 12.0. The molecule has 0 radical (unpaired) electrons. The molecule has 22 heavy (non-hydrogen) atoms. The van der Waals surface area contributed by atoms with Gasteiger partial charge in [-0.05, 0) is 31.4 Å². The number of nitrogens with zero attached hydrogens (tertiary/aromatic N) is 3. The largest absolute Gasteiger partial charge is 0.461 e. The Morgan fingerprint density at radius 2 is 2.00 bits per heavy atom. The number of ether oxygens (including phenoxy) is 1. The van der Waals surface area contributed by atoms with Gasteiger partial charge in [0.2, 0.25) is 0 Å². The van der Waals surface area contributed by atoms with Gasteiger partial charge in [0.15, 0.2) is 5.69 Å². The molecule has 6 nitrogen and oxygen atoms in total. The standard InChI is InChI=1S/C16H17N3O3/c1-2-22-16(21)14-13(5-10(9-20)6-17-14)12-7-18-15(19-8-12)11-3-4-11/h5-8,11,20H,2-4,9H2,1H3. The fourth-order valence-corrected chi connectivity index (χ4v) is 2.21. The third-order valence-corrected chi connectivity index (χ3v) is 3.52. The summed E-state index contributed by atoms with van der Waals surface area (Å²) in [5, 5.41) is 9.28. The Kier molecular flexibility index (Phi) is 4.11.